The van der Waals surface area contributed by atoms with Crippen molar-refractivity contribution in [1.82, 2.24) is 9.78 Å². The number of benzene rings is 1. The van der Waals surface area contributed by atoms with Crippen molar-refractivity contribution >= 4 is 17.7 Å². The number of nitrogens with zero attached hydrogens (tertiary/aromatic N) is 2. The highest BCUT2D eigenvalue weighted by Gasteiger charge is 2.33. The highest BCUT2D eigenvalue weighted by molar-refractivity contribution is 5.94. The van der Waals surface area contributed by atoms with Crippen LogP contribution < -0.4 is 10.1 Å². The maximum atomic E-state index is 12.3. The fourth-order valence-electron chi connectivity index (χ4n) is 3.05. The molecule has 2 aromatic rings. The summed E-state index contributed by atoms with van der Waals surface area (Å²) in [5, 5.41) is 16.2. The summed E-state index contributed by atoms with van der Waals surface area (Å²) in [5.41, 5.74) is 1.41. The van der Waals surface area contributed by atoms with Crippen LogP contribution in [0.4, 0.5) is 5.82 Å². The predicted molar refractivity (Wildman–Crippen MR) is 91.9 cm³/mol. The molecular formula is C18H21N3O4. The lowest BCUT2D eigenvalue weighted by molar-refractivity contribution is -0.139. The minimum absolute atomic E-state index is 0.100. The summed E-state index contributed by atoms with van der Waals surface area (Å²) < 4.78 is 7.22. The zero-order valence-electron chi connectivity index (χ0n) is 14.4. The SMILES string of the molecule is CC(C)(C)n1ncc2c1NC(=O)C[C@@H]2c1ccccc1OCC(=O)O. The van der Waals surface area contributed by atoms with Crippen LogP contribution in [0.25, 0.3) is 0 Å². The van der Waals surface area contributed by atoms with Gasteiger partial charge in [0, 0.05) is 23.5 Å². The van der Waals surface area contributed by atoms with E-state index in [4.69, 9.17) is 9.84 Å². The lowest BCUT2D eigenvalue weighted by Crippen LogP contribution is -2.30. The topological polar surface area (TPSA) is 93.5 Å². The number of anilines is 1. The van der Waals surface area contributed by atoms with Gasteiger partial charge in [-0.05, 0) is 26.8 Å². The summed E-state index contributed by atoms with van der Waals surface area (Å²) in [6.45, 7) is 5.62. The fourth-order valence-corrected chi connectivity index (χ4v) is 3.05. The standard InChI is InChI=1S/C18H21N3O4/c1-18(2,3)21-17-13(9-19-21)12(8-15(22)20-17)11-6-4-5-7-14(11)25-10-16(23)24/h4-7,9,12H,8,10H2,1-3H3,(H,20,22)(H,23,24)/t12-/m1/s1. The Kier molecular flexibility index (Phi) is 4.24. The average molecular weight is 343 g/mol. The van der Waals surface area contributed by atoms with Crippen LogP contribution in [0.15, 0.2) is 30.5 Å². The van der Waals surface area contributed by atoms with Gasteiger partial charge in [0.2, 0.25) is 5.91 Å². The van der Waals surface area contributed by atoms with E-state index in [0.717, 1.165) is 11.1 Å². The molecule has 0 saturated carbocycles. The number of rotatable bonds is 4. The van der Waals surface area contributed by atoms with Crippen LogP contribution in [-0.4, -0.2) is 33.4 Å². The molecule has 1 amide bonds. The fraction of sp³-hybridized carbons (Fsp3) is 0.389. The monoisotopic (exact) mass is 343 g/mol. The summed E-state index contributed by atoms with van der Waals surface area (Å²) in [6.07, 6.45) is 2.02. The van der Waals surface area contributed by atoms with Crippen molar-refractivity contribution in [2.45, 2.75) is 38.6 Å². The number of amides is 1. The van der Waals surface area contributed by atoms with Gasteiger partial charge in [0.15, 0.2) is 6.61 Å². The summed E-state index contributed by atoms with van der Waals surface area (Å²) >= 11 is 0. The molecule has 0 radical (unpaired) electrons. The third kappa shape index (κ3) is 3.35. The molecule has 0 unspecified atom stereocenters. The van der Waals surface area contributed by atoms with E-state index in [9.17, 15) is 9.59 Å². The lowest BCUT2D eigenvalue weighted by atomic mass is 9.86. The van der Waals surface area contributed by atoms with Crippen LogP contribution in [-0.2, 0) is 15.1 Å². The van der Waals surface area contributed by atoms with E-state index < -0.39 is 12.6 Å². The minimum Gasteiger partial charge on any atom is -0.482 e. The molecule has 0 saturated heterocycles. The van der Waals surface area contributed by atoms with Gasteiger partial charge in [-0.3, -0.25) is 4.79 Å². The number of ether oxygens (including phenoxy) is 1. The molecule has 0 fully saturated rings. The number of carboxylic acids is 1. The summed E-state index contributed by atoms with van der Waals surface area (Å²) in [6, 6.07) is 7.21. The van der Waals surface area contributed by atoms with Gasteiger partial charge in [0.1, 0.15) is 11.6 Å². The highest BCUT2D eigenvalue weighted by atomic mass is 16.5. The molecule has 0 aliphatic carbocycles. The number of aliphatic carboxylic acids is 1. The molecule has 132 valence electrons. The van der Waals surface area contributed by atoms with Gasteiger partial charge in [-0.25, -0.2) is 9.48 Å². The number of carbonyl (C=O) groups excluding carboxylic acids is 1. The van der Waals surface area contributed by atoms with Crippen LogP contribution in [0.5, 0.6) is 5.75 Å². The Bertz CT molecular complexity index is 820. The van der Waals surface area contributed by atoms with Crippen molar-refractivity contribution in [2.75, 3.05) is 11.9 Å². The maximum absolute atomic E-state index is 12.3. The Balaban J connectivity index is 2.04. The molecule has 1 aromatic carbocycles. The van der Waals surface area contributed by atoms with Crippen molar-refractivity contribution < 1.29 is 19.4 Å². The largest absolute Gasteiger partial charge is 0.482 e. The third-order valence-corrected chi connectivity index (χ3v) is 4.10. The highest BCUT2D eigenvalue weighted by Crippen LogP contribution is 2.41. The quantitative estimate of drug-likeness (QED) is 0.890. The molecule has 7 nitrogen and oxygen atoms in total. The van der Waals surface area contributed by atoms with Gasteiger partial charge in [-0.2, -0.15) is 5.10 Å². The van der Waals surface area contributed by atoms with Gasteiger partial charge in [0.05, 0.1) is 11.7 Å². The summed E-state index contributed by atoms with van der Waals surface area (Å²) in [5.74, 6) is -0.223. The Morgan fingerprint density at radius 2 is 2.08 bits per heavy atom. The average Bonchev–Trinajstić information content (AvgIpc) is 2.96. The van der Waals surface area contributed by atoms with Crippen LogP contribution in [0.3, 0.4) is 0 Å². The van der Waals surface area contributed by atoms with Gasteiger partial charge >= 0.3 is 5.97 Å². The van der Waals surface area contributed by atoms with E-state index in [0.29, 0.717) is 11.6 Å². The third-order valence-electron chi connectivity index (χ3n) is 4.10. The van der Waals surface area contributed by atoms with Crippen molar-refractivity contribution in [1.29, 1.82) is 0 Å². The normalized spacial score (nSPS) is 16.9. The van der Waals surface area contributed by atoms with Crippen LogP contribution >= 0.6 is 0 Å². The van der Waals surface area contributed by atoms with E-state index >= 15 is 0 Å². The van der Waals surface area contributed by atoms with E-state index in [2.05, 4.69) is 10.4 Å². The van der Waals surface area contributed by atoms with E-state index in [1.165, 1.54) is 0 Å². The number of para-hydroxylation sites is 1. The Morgan fingerprint density at radius 1 is 1.36 bits per heavy atom. The molecule has 2 N–H and O–H groups in total. The van der Waals surface area contributed by atoms with Crippen molar-refractivity contribution in [2.24, 2.45) is 0 Å². The van der Waals surface area contributed by atoms with Crippen LogP contribution in [0.2, 0.25) is 0 Å². The predicted octanol–water partition coefficient (Wildman–Crippen LogP) is 2.58. The van der Waals surface area contributed by atoms with E-state index in [-0.39, 0.29) is 23.8 Å². The smallest absolute Gasteiger partial charge is 0.341 e. The number of hydrogen-bond acceptors (Lipinski definition) is 4. The first kappa shape index (κ1) is 17.0. The van der Waals surface area contributed by atoms with E-state index in [1.807, 2.05) is 32.9 Å². The molecule has 1 aromatic heterocycles. The summed E-state index contributed by atoms with van der Waals surface area (Å²) in [4.78, 5) is 23.1. The number of fused-ring (bicyclic) bond motifs is 1. The maximum Gasteiger partial charge on any atom is 0.341 e. The number of aromatic nitrogens is 2. The first-order valence-electron chi connectivity index (χ1n) is 8.09. The first-order chi connectivity index (χ1) is 11.8. The van der Waals surface area contributed by atoms with Crippen LogP contribution in [0.1, 0.15) is 44.2 Å². The minimum atomic E-state index is -1.04. The first-order valence-corrected chi connectivity index (χ1v) is 8.09. The second-order valence-corrected chi connectivity index (χ2v) is 7.06. The Morgan fingerprint density at radius 3 is 2.76 bits per heavy atom. The van der Waals surface area contributed by atoms with Gasteiger partial charge in [0.25, 0.3) is 0 Å². The second kappa shape index (κ2) is 6.23. The number of carboxylic acid groups (broad SMARTS) is 1. The van der Waals surface area contributed by atoms with E-state index in [1.54, 1.807) is 23.0 Å². The zero-order valence-corrected chi connectivity index (χ0v) is 14.4. The molecular weight excluding hydrogens is 322 g/mol. The lowest BCUT2D eigenvalue weighted by Gasteiger charge is -2.28. The molecule has 0 bridgehead atoms. The molecule has 0 spiro atoms. The molecule has 25 heavy (non-hydrogen) atoms. The molecule has 3 rings (SSSR count). The van der Waals surface area contributed by atoms with Gasteiger partial charge in [-0.15, -0.1) is 0 Å². The second-order valence-electron chi connectivity index (χ2n) is 7.06. The zero-order chi connectivity index (χ0) is 18.2. The molecule has 1 atom stereocenters. The Hall–Kier alpha value is -2.83. The molecule has 1 aliphatic rings. The van der Waals surface area contributed by atoms with Crippen molar-refractivity contribution in [3.63, 3.8) is 0 Å². The summed E-state index contributed by atoms with van der Waals surface area (Å²) in [7, 11) is 0. The molecule has 1 aliphatic heterocycles. The van der Waals surface area contributed by atoms with Crippen molar-refractivity contribution in [3.8, 4) is 5.75 Å². The van der Waals surface area contributed by atoms with Crippen LogP contribution in [0, 0.1) is 0 Å². The molecule has 7 heteroatoms. The number of carbonyl (C=O) groups is 2. The number of nitrogens with one attached hydrogen (secondary N) is 1. The van der Waals surface area contributed by atoms with Gasteiger partial charge in [-0.1, -0.05) is 18.2 Å². The van der Waals surface area contributed by atoms with Crippen molar-refractivity contribution in [3.05, 3.63) is 41.6 Å². The number of hydrogen-bond donors (Lipinski definition) is 2. The Labute approximate surface area is 145 Å². The molecule has 2 heterocycles. The van der Waals surface area contributed by atoms with Gasteiger partial charge < -0.3 is 15.2 Å².